The van der Waals surface area contributed by atoms with Crippen molar-refractivity contribution in [3.05, 3.63) is 12.2 Å². The van der Waals surface area contributed by atoms with Gasteiger partial charge in [0, 0.05) is 6.42 Å². The van der Waals surface area contributed by atoms with E-state index in [1.54, 1.807) is 19.9 Å². The normalized spacial score (nSPS) is 12.7. The van der Waals surface area contributed by atoms with Crippen LogP contribution >= 0.6 is 0 Å². The predicted molar refractivity (Wildman–Crippen MR) is 106 cm³/mol. The third kappa shape index (κ3) is 6.62. The summed E-state index contributed by atoms with van der Waals surface area (Å²) in [6.45, 7) is 15.0. The minimum atomic E-state index is -1.85. The Kier molecular flexibility index (Phi) is 9.90. The van der Waals surface area contributed by atoms with E-state index in [1.807, 2.05) is 6.08 Å². The zero-order valence-electron chi connectivity index (χ0n) is 17.3. The number of ether oxygens (including phenoxy) is 2. The zero-order valence-corrected chi connectivity index (χ0v) is 18.3. The molecule has 0 amide bonds. The Balaban J connectivity index is 5.22. The first-order chi connectivity index (χ1) is 12.0. The van der Waals surface area contributed by atoms with Crippen molar-refractivity contribution in [3.8, 4) is 12.3 Å². The third-order valence-corrected chi connectivity index (χ3v) is 9.22. The Bertz CT molecular complexity index is 519. The summed E-state index contributed by atoms with van der Waals surface area (Å²) in [5.41, 5.74) is -1.51. The largest absolute Gasteiger partial charge is 0.465 e. The molecule has 0 aromatic carbocycles. The van der Waals surface area contributed by atoms with Crippen LogP contribution in [0.3, 0.4) is 0 Å². The van der Waals surface area contributed by atoms with Crippen LogP contribution in [0.2, 0.25) is 18.1 Å². The number of esters is 2. The molecule has 0 heterocycles. The molecule has 26 heavy (non-hydrogen) atoms. The fourth-order valence-corrected chi connectivity index (χ4v) is 2.95. The molecule has 0 atom stereocenters. The monoisotopic (exact) mass is 382 g/mol. The molecule has 0 radical (unpaired) electrons. The molecule has 0 fully saturated rings. The predicted octanol–water partition coefficient (Wildman–Crippen LogP) is 4.09. The van der Waals surface area contributed by atoms with Crippen molar-refractivity contribution in [2.24, 2.45) is 5.41 Å². The summed E-state index contributed by atoms with van der Waals surface area (Å²) in [5.74, 6) is 1.12. The van der Waals surface area contributed by atoms with E-state index < -0.39 is 25.7 Å². The number of carbonyl (C=O) groups is 2. The lowest BCUT2D eigenvalue weighted by Crippen LogP contribution is -2.42. The number of carbonyl (C=O) groups excluding carboxylic acids is 2. The van der Waals surface area contributed by atoms with Crippen LogP contribution in [0, 0.1) is 17.8 Å². The van der Waals surface area contributed by atoms with Gasteiger partial charge in [0.2, 0.25) is 0 Å². The second-order valence-corrected chi connectivity index (χ2v) is 12.5. The summed E-state index contributed by atoms with van der Waals surface area (Å²) in [5, 5.41) is 0.115. The standard InChI is InChI=1S/C20H34O5Si/c1-9-14-20(17(21)23-10-2,18(22)24-11-3)15-12-13-16-25-26(7,8)19(4,5)6/h1,12-13H,10-11,14-16H2,2-8H3/b13-12+. The average Bonchev–Trinajstić information content (AvgIpc) is 2.52. The van der Waals surface area contributed by atoms with Gasteiger partial charge in [-0.15, -0.1) is 12.3 Å². The molecule has 0 unspecified atom stereocenters. The minimum Gasteiger partial charge on any atom is -0.465 e. The summed E-state index contributed by atoms with van der Waals surface area (Å²) < 4.78 is 16.2. The van der Waals surface area contributed by atoms with Gasteiger partial charge in [0.1, 0.15) is 0 Å². The smallest absolute Gasteiger partial charge is 0.324 e. The highest BCUT2D eigenvalue weighted by Gasteiger charge is 2.47. The lowest BCUT2D eigenvalue weighted by atomic mass is 9.81. The number of hydrogen-bond donors (Lipinski definition) is 0. The van der Waals surface area contributed by atoms with Gasteiger partial charge in [0.15, 0.2) is 13.7 Å². The molecule has 0 saturated carbocycles. The SMILES string of the molecule is C#CCC(C/C=C/CO[Si](C)(C)C(C)(C)C)(C(=O)OCC)C(=O)OCC. The van der Waals surface area contributed by atoms with Crippen LogP contribution in [0.15, 0.2) is 12.2 Å². The van der Waals surface area contributed by atoms with Crippen LogP contribution in [0.4, 0.5) is 0 Å². The van der Waals surface area contributed by atoms with E-state index in [-0.39, 0.29) is 31.1 Å². The summed E-state index contributed by atoms with van der Waals surface area (Å²) in [4.78, 5) is 24.9. The quantitative estimate of drug-likeness (QED) is 0.187. The number of hydrogen-bond acceptors (Lipinski definition) is 5. The Morgan fingerprint density at radius 2 is 1.54 bits per heavy atom. The fraction of sp³-hybridized carbons (Fsp3) is 0.700. The Labute approximate surface area is 159 Å². The third-order valence-electron chi connectivity index (χ3n) is 4.72. The fourth-order valence-electron chi connectivity index (χ4n) is 2.00. The van der Waals surface area contributed by atoms with Gasteiger partial charge in [-0.3, -0.25) is 9.59 Å². The lowest BCUT2D eigenvalue weighted by Gasteiger charge is -2.35. The van der Waals surface area contributed by atoms with Gasteiger partial charge in [-0.25, -0.2) is 0 Å². The first-order valence-electron chi connectivity index (χ1n) is 9.05. The van der Waals surface area contributed by atoms with Crippen molar-refractivity contribution in [3.63, 3.8) is 0 Å². The molecule has 0 aliphatic heterocycles. The van der Waals surface area contributed by atoms with E-state index in [0.717, 1.165) is 0 Å². The van der Waals surface area contributed by atoms with Crippen molar-refractivity contribution < 1.29 is 23.5 Å². The van der Waals surface area contributed by atoms with Crippen molar-refractivity contribution in [1.29, 1.82) is 0 Å². The summed E-state index contributed by atoms with van der Waals surface area (Å²) in [6.07, 6.45) is 9.03. The highest BCUT2D eigenvalue weighted by molar-refractivity contribution is 6.74. The molecule has 0 saturated heterocycles. The molecule has 5 nitrogen and oxygen atoms in total. The molecule has 0 bridgehead atoms. The number of allylic oxidation sites excluding steroid dienone is 1. The molecule has 0 spiro atoms. The highest BCUT2D eigenvalue weighted by Crippen LogP contribution is 2.36. The first-order valence-corrected chi connectivity index (χ1v) is 12.0. The topological polar surface area (TPSA) is 61.8 Å². The van der Waals surface area contributed by atoms with Gasteiger partial charge >= 0.3 is 11.9 Å². The maximum Gasteiger partial charge on any atom is 0.324 e. The molecule has 0 rings (SSSR count). The molecule has 0 aromatic rings. The van der Waals surface area contributed by atoms with Crippen LogP contribution < -0.4 is 0 Å². The average molecular weight is 383 g/mol. The van der Waals surface area contributed by atoms with Gasteiger partial charge in [-0.05, 0) is 38.4 Å². The first kappa shape index (κ1) is 24.4. The summed E-state index contributed by atoms with van der Waals surface area (Å²) >= 11 is 0. The highest BCUT2D eigenvalue weighted by atomic mass is 28.4. The van der Waals surface area contributed by atoms with E-state index in [2.05, 4.69) is 39.8 Å². The molecule has 0 aliphatic carbocycles. The second-order valence-electron chi connectivity index (χ2n) is 7.65. The maximum atomic E-state index is 12.4. The second kappa shape index (κ2) is 10.5. The maximum absolute atomic E-state index is 12.4. The van der Waals surface area contributed by atoms with Crippen LogP contribution in [0.25, 0.3) is 0 Å². The van der Waals surface area contributed by atoms with E-state index in [9.17, 15) is 9.59 Å². The van der Waals surface area contributed by atoms with E-state index >= 15 is 0 Å². The Morgan fingerprint density at radius 3 is 1.92 bits per heavy atom. The number of terminal acetylenes is 1. The van der Waals surface area contributed by atoms with Crippen molar-refractivity contribution >= 4 is 20.3 Å². The Morgan fingerprint density at radius 1 is 1.04 bits per heavy atom. The molecule has 148 valence electrons. The zero-order chi connectivity index (χ0) is 20.4. The van der Waals surface area contributed by atoms with Crippen LogP contribution in [-0.4, -0.2) is 40.1 Å². The lowest BCUT2D eigenvalue weighted by molar-refractivity contribution is -0.171. The van der Waals surface area contributed by atoms with Gasteiger partial charge in [-0.2, -0.15) is 0 Å². The van der Waals surface area contributed by atoms with E-state index in [0.29, 0.717) is 6.61 Å². The van der Waals surface area contributed by atoms with Gasteiger partial charge in [-0.1, -0.05) is 32.9 Å². The van der Waals surface area contributed by atoms with Crippen LogP contribution in [-0.2, 0) is 23.5 Å². The van der Waals surface area contributed by atoms with E-state index in [1.165, 1.54) is 0 Å². The molecule has 6 heteroatoms. The Hall–Kier alpha value is -1.58. The van der Waals surface area contributed by atoms with Crippen molar-refractivity contribution in [2.75, 3.05) is 19.8 Å². The minimum absolute atomic E-state index is 0.0713. The molecule has 0 aliphatic rings. The van der Waals surface area contributed by atoms with Crippen molar-refractivity contribution in [1.82, 2.24) is 0 Å². The van der Waals surface area contributed by atoms with Gasteiger partial charge < -0.3 is 13.9 Å². The van der Waals surface area contributed by atoms with Crippen LogP contribution in [0.5, 0.6) is 0 Å². The molecule has 0 aromatic heterocycles. The van der Waals surface area contributed by atoms with Crippen molar-refractivity contribution in [2.45, 2.75) is 65.6 Å². The van der Waals surface area contributed by atoms with Crippen LogP contribution in [0.1, 0.15) is 47.5 Å². The van der Waals surface area contributed by atoms with Gasteiger partial charge in [0.25, 0.3) is 0 Å². The molecular formula is C20H34O5Si. The summed E-state index contributed by atoms with van der Waals surface area (Å²) in [6, 6.07) is 0. The summed E-state index contributed by atoms with van der Waals surface area (Å²) in [7, 11) is -1.85. The molecule has 0 N–H and O–H groups in total. The number of rotatable bonds is 10. The van der Waals surface area contributed by atoms with Gasteiger partial charge in [0.05, 0.1) is 19.8 Å². The molecular weight excluding hydrogens is 348 g/mol. The van der Waals surface area contributed by atoms with E-state index in [4.69, 9.17) is 20.3 Å².